The molecule has 0 atom stereocenters. The quantitative estimate of drug-likeness (QED) is 0.567. The maximum absolute atomic E-state index is 13.5. The Balaban J connectivity index is 1.31. The van der Waals surface area contributed by atoms with Crippen molar-refractivity contribution < 1.29 is 14.0 Å². The lowest BCUT2D eigenvalue weighted by atomic mass is 10.1. The monoisotopic (exact) mass is 426 g/mol. The summed E-state index contributed by atoms with van der Waals surface area (Å²) < 4.78 is 13.5. The van der Waals surface area contributed by atoms with Crippen molar-refractivity contribution in [2.75, 3.05) is 26.2 Å². The van der Waals surface area contributed by atoms with Crippen LogP contribution in [0.15, 0.2) is 42.5 Å². The number of benzene rings is 2. The first-order valence-corrected chi connectivity index (χ1v) is 10.9. The van der Waals surface area contributed by atoms with Crippen LogP contribution in [0.3, 0.4) is 0 Å². The highest BCUT2D eigenvalue weighted by molar-refractivity contribution is 5.94. The van der Waals surface area contributed by atoms with Gasteiger partial charge in [0.05, 0.1) is 0 Å². The number of halogens is 1. The molecule has 7 heteroatoms. The highest BCUT2D eigenvalue weighted by atomic mass is 19.1. The van der Waals surface area contributed by atoms with Crippen molar-refractivity contribution >= 4 is 11.9 Å². The van der Waals surface area contributed by atoms with E-state index in [-0.39, 0.29) is 30.6 Å². The highest BCUT2D eigenvalue weighted by Crippen LogP contribution is 2.13. The summed E-state index contributed by atoms with van der Waals surface area (Å²) in [6, 6.07) is 12.4. The van der Waals surface area contributed by atoms with E-state index in [1.165, 1.54) is 44.0 Å². The van der Waals surface area contributed by atoms with Gasteiger partial charge in [0.1, 0.15) is 5.82 Å². The van der Waals surface area contributed by atoms with Crippen LogP contribution in [0.5, 0.6) is 0 Å². The van der Waals surface area contributed by atoms with E-state index in [1.807, 2.05) is 12.1 Å². The lowest BCUT2D eigenvalue weighted by Crippen LogP contribution is -2.40. The van der Waals surface area contributed by atoms with E-state index in [9.17, 15) is 14.0 Å². The molecular weight excluding hydrogens is 395 g/mol. The summed E-state index contributed by atoms with van der Waals surface area (Å²) >= 11 is 0. The van der Waals surface area contributed by atoms with E-state index >= 15 is 0 Å². The van der Waals surface area contributed by atoms with Gasteiger partial charge in [-0.25, -0.2) is 9.18 Å². The molecule has 166 valence electrons. The minimum atomic E-state index is -0.412. The third-order valence-corrected chi connectivity index (χ3v) is 5.46. The van der Waals surface area contributed by atoms with Gasteiger partial charge in [0.25, 0.3) is 5.91 Å². The highest BCUT2D eigenvalue weighted by Gasteiger charge is 2.10. The summed E-state index contributed by atoms with van der Waals surface area (Å²) in [6.07, 6.45) is 3.90. The van der Waals surface area contributed by atoms with E-state index in [4.69, 9.17) is 0 Å². The molecule has 6 nitrogen and oxygen atoms in total. The lowest BCUT2D eigenvalue weighted by Gasteiger charge is -2.26. The minimum absolute atomic E-state index is 0.257. The number of carbonyl (C=O) groups is 2. The Labute approximate surface area is 183 Å². The van der Waals surface area contributed by atoms with Gasteiger partial charge < -0.3 is 16.0 Å². The predicted octanol–water partition coefficient (Wildman–Crippen LogP) is 3.35. The summed E-state index contributed by atoms with van der Waals surface area (Å²) in [5, 5.41) is 8.17. The smallest absolute Gasteiger partial charge is 0.315 e. The van der Waals surface area contributed by atoms with Gasteiger partial charge in [-0.05, 0) is 61.7 Å². The van der Waals surface area contributed by atoms with Gasteiger partial charge in [-0.2, -0.15) is 0 Å². The van der Waals surface area contributed by atoms with Crippen molar-refractivity contribution in [2.24, 2.45) is 0 Å². The van der Waals surface area contributed by atoms with Crippen molar-refractivity contribution in [3.05, 3.63) is 70.5 Å². The van der Waals surface area contributed by atoms with Crippen LogP contribution in [-0.2, 0) is 13.1 Å². The van der Waals surface area contributed by atoms with Gasteiger partial charge in [0.2, 0.25) is 0 Å². The number of aryl methyl sites for hydroxylation is 1. The Morgan fingerprint density at radius 3 is 2.29 bits per heavy atom. The van der Waals surface area contributed by atoms with E-state index < -0.39 is 5.82 Å². The fourth-order valence-electron chi connectivity index (χ4n) is 3.57. The molecule has 3 N–H and O–H groups in total. The summed E-state index contributed by atoms with van der Waals surface area (Å²) in [4.78, 5) is 26.4. The van der Waals surface area contributed by atoms with Gasteiger partial charge in [-0.15, -0.1) is 0 Å². The van der Waals surface area contributed by atoms with Gasteiger partial charge in [0.15, 0.2) is 0 Å². The molecule has 1 fully saturated rings. The number of amides is 3. The maximum atomic E-state index is 13.5. The number of likely N-dealkylation sites (tertiary alicyclic amines) is 1. The molecule has 0 spiro atoms. The van der Waals surface area contributed by atoms with E-state index in [0.29, 0.717) is 12.1 Å². The normalized spacial score (nSPS) is 14.1. The second kappa shape index (κ2) is 11.5. The van der Waals surface area contributed by atoms with Gasteiger partial charge in [0, 0.05) is 31.7 Å². The molecule has 0 aliphatic carbocycles. The van der Waals surface area contributed by atoms with Crippen molar-refractivity contribution in [1.29, 1.82) is 0 Å². The number of nitrogens with zero attached hydrogens (tertiary/aromatic N) is 1. The molecule has 0 bridgehead atoms. The Morgan fingerprint density at radius 1 is 0.903 bits per heavy atom. The third-order valence-electron chi connectivity index (χ3n) is 5.46. The molecule has 2 aromatic rings. The van der Waals surface area contributed by atoms with Gasteiger partial charge in [-0.3, -0.25) is 9.69 Å². The molecular formula is C24H31FN4O2. The molecule has 1 saturated heterocycles. The Bertz CT molecular complexity index is 880. The fourth-order valence-corrected chi connectivity index (χ4v) is 3.57. The minimum Gasteiger partial charge on any atom is -0.350 e. The van der Waals surface area contributed by atoms with Gasteiger partial charge >= 0.3 is 6.03 Å². The van der Waals surface area contributed by atoms with Crippen molar-refractivity contribution in [2.45, 2.75) is 39.3 Å². The van der Waals surface area contributed by atoms with Gasteiger partial charge in [-0.1, -0.05) is 36.8 Å². The number of nitrogens with one attached hydrogen (secondary N) is 3. The van der Waals surface area contributed by atoms with Crippen LogP contribution in [0, 0.1) is 12.7 Å². The summed E-state index contributed by atoms with van der Waals surface area (Å²) in [7, 11) is 0. The molecule has 1 aliphatic rings. The second-order valence-corrected chi connectivity index (χ2v) is 7.98. The van der Waals surface area contributed by atoms with Crippen molar-refractivity contribution in [1.82, 2.24) is 20.9 Å². The molecule has 1 aliphatic heterocycles. The lowest BCUT2D eigenvalue weighted by molar-refractivity contribution is 0.0953. The molecule has 0 saturated carbocycles. The van der Waals surface area contributed by atoms with Crippen LogP contribution in [0.1, 0.15) is 46.3 Å². The van der Waals surface area contributed by atoms with Crippen LogP contribution < -0.4 is 16.0 Å². The molecule has 3 rings (SSSR count). The van der Waals surface area contributed by atoms with Crippen molar-refractivity contribution in [3.63, 3.8) is 0 Å². The largest absolute Gasteiger partial charge is 0.350 e. The summed E-state index contributed by atoms with van der Waals surface area (Å²) in [5.74, 6) is -0.782. The van der Waals surface area contributed by atoms with Crippen molar-refractivity contribution in [3.8, 4) is 0 Å². The summed E-state index contributed by atoms with van der Waals surface area (Å²) in [6.45, 7) is 5.94. The zero-order valence-corrected chi connectivity index (χ0v) is 18.0. The molecule has 1 heterocycles. The number of hydrogen-bond acceptors (Lipinski definition) is 3. The summed E-state index contributed by atoms with van der Waals surface area (Å²) in [5.41, 5.74) is 3.08. The molecule has 31 heavy (non-hydrogen) atoms. The van der Waals surface area contributed by atoms with Crippen LogP contribution in [0.2, 0.25) is 0 Å². The molecule has 0 unspecified atom stereocenters. The first-order chi connectivity index (χ1) is 15.0. The fraction of sp³-hybridized carbons (Fsp3) is 0.417. The number of piperidine rings is 1. The third kappa shape index (κ3) is 7.36. The van der Waals surface area contributed by atoms with Crippen LogP contribution in [0.25, 0.3) is 0 Å². The number of urea groups is 1. The van der Waals surface area contributed by atoms with E-state index in [1.54, 1.807) is 19.1 Å². The zero-order chi connectivity index (χ0) is 22.1. The van der Waals surface area contributed by atoms with E-state index in [0.717, 1.165) is 12.1 Å². The molecule has 3 amide bonds. The average molecular weight is 427 g/mol. The topological polar surface area (TPSA) is 73.5 Å². The standard InChI is InChI=1S/C24H31FN4O2/c1-18-5-10-21(15-22(18)25)23(30)26-11-12-27-24(31)28-16-19-6-8-20(9-7-19)17-29-13-3-2-4-14-29/h5-10,15H,2-4,11-14,16-17H2,1H3,(H,26,30)(H2,27,28,31). The Kier molecular flexibility index (Phi) is 8.41. The first-order valence-electron chi connectivity index (χ1n) is 10.9. The number of carbonyl (C=O) groups excluding carboxylic acids is 2. The predicted molar refractivity (Wildman–Crippen MR) is 119 cm³/mol. The second-order valence-electron chi connectivity index (χ2n) is 7.98. The SMILES string of the molecule is Cc1ccc(C(=O)NCCNC(=O)NCc2ccc(CN3CCCCC3)cc2)cc1F. The van der Waals surface area contributed by atoms with Crippen LogP contribution >= 0.6 is 0 Å². The maximum Gasteiger partial charge on any atom is 0.315 e. The molecule has 0 aromatic heterocycles. The van der Waals surface area contributed by atoms with Crippen LogP contribution in [-0.4, -0.2) is 43.0 Å². The number of rotatable bonds is 8. The zero-order valence-electron chi connectivity index (χ0n) is 18.0. The molecule has 0 radical (unpaired) electrons. The Hall–Kier alpha value is -2.93. The first kappa shape index (κ1) is 22.7. The number of hydrogen-bond donors (Lipinski definition) is 3. The average Bonchev–Trinajstić information content (AvgIpc) is 2.78. The molecule has 2 aromatic carbocycles. The van der Waals surface area contributed by atoms with E-state index in [2.05, 4.69) is 33.0 Å². The Morgan fingerprint density at radius 2 is 1.58 bits per heavy atom. The van der Waals surface area contributed by atoms with Crippen LogP contribution in [0.4, 0.5) is 9.18 Å².